The summed E-state index contributed by atoms with van der Waals surface area (Å²) in [6, 6.07) is 5.43. The standard InChI is InChI=1S/C12H11NO3S/c1-7-12(16)13-9-4-2-8(3-5-11(14)15)6-10(9)17-7/h2-7H,1H3,(H,13,16)(H,14,15)/b5-3+. The molecule has 2 N–H and O–H groups in total. The van der Waals surface area contributed by atoms with Crippen molar-refractivity contribution in [2.75, 3.05) is 5.32 Å². The molecule has 0 aromatic heterocycles. The zero-order valence-electron chi connectivity index (χ0n) is 9.14. The third-order valence-corrected chi connectivity index (χ3v) is 3.51. The van der Waals surface area contributed by atoms with E-state index in [-0.39, 0.29) is 11.2 Å². The van der Waals surface area contributed by atoms with Crippen LogP contribution in [0.3, 0.4) is 0 Å². The number of carboxylic acids is 1. The van der Waals surface area contributed by atoms with Gasteiger partial charge in [0.15, 0.2) is 0 Å². The summed E-state index contributed by atoms with van der Waals surface area (Å²) >= 11 is 1.48. The van der Waals surface area contributed by atoms with Gasteiger partial charge >= 0.3 is 5.97 Å². The number of fused-ring (bicyclic) bond motifs is 1. The summed E-state index contributed by atoms with van der Waals surface area (Å²) in [6.45, 7) is 1.84. The fraction of sp³-hybridized carbons (Fsp3) is 0.167. The van der Waals surface area contributed by atoms with Crippen molar-refractivity contribution < 1.29 is 14.7 Å². The highest BCUT2D eigenvalue weighted by molar-refractivity contribution is 8.00. The maximum absolute atomic E-state index is 11.4. The molecule has 0 saturated carbocycles. The molecule has 1 atom stereocenters. The summed E-state index contributed by atoms with van der Waals surface area (Å²) < 4.78 is 0. The molecule has 2 rings (SSSR count). The number of benzene rings is 1. The highest BCUT2D eigenvalue weighted by atomic mass is 32.2. The molecule has 0 bridgehead atoms. The molecule has 1 amide bonds. The smallest absolute Gasteiger partial charge is 0.328 e. The molecule has 0 aliphatic carbocycles. The van der Waals surface area contributed by atoms with E-state index in [4.69, 9.17) is 5.11 Å². The first-order chi connectivity index (χ1) is 8.06. The summed E-state index contributed by atoms with van der Waals surface area (Å²) in [7, 11) is 0. The first kappa shape index (κ1) is 11.7. The van der Waals surface area contributed by atoms with Gasteiger partial charge in [-0.2, -0.15) is 0 Å². The number of anilines is 1. The Kier molecular flexibility index (Phi) is 3.19. The zero-order chi connectivity index (χ0) is 12.4. The number of carbonyl (C=O) groups excluding carboxylic acids is 1. The monoisotopic (exact) mass is 249 g/mol. The Hall–Kier alpha value is -1.75. The Labute approximate surface area is 103 Å². The Balaban J connectivity index is 2.28. The fourth-order valence-electron chi connectivity index (χ4n) is 1.49. The first-order valence-corrected chi connectivity index (χ1v) is 5.97. The number of aliphatic carboxylic acids is 1. The molecule has 1 unspecified atom stereocenters. The first-order valence-electron chi connectivity index (χ1n) is 5.09. The van der Waals surface area contributed by atoms with Crippen molar-refractivity contribution in [2.45, 2.75) is 17.1 Å². The molecule has 0 spiro atoms. The highest BCUT2D eigenvalue weighted by Gasteiger charge is 2.22. The maximum Gasteiger partial charge on any atom is 0.328 e. The van der Waals surface area contributed by atoms with Crippen LogP contribution in [0.15, 0.2) is 29.2 Å². The van der Waals surface area contributed by atoms with Gasteiger partial charge in [0.05, 0.1) is 10.9 Å². The molecule has 17 heavy (non-hydrogen) atoms. The van der Waals surface area contributed by atoms with Crippen LogP contribution in [0.4, 0.5) is 5.69 Å². The molecule has 1 aromatic carbocycles. The molecule has 1 aliphatic heterocycles. The van der Waals surface area contributed by atoms with E-state index in [0.717, 1.165) is 22.2 Å². The summed E-state index contributed by atoms with van der Waals surface area (Å²) in [5.41, 5.74) is 1.59. The Bertz CT molecular complexity index is 510. The highest BCUT2D eigenvalue weighted by Crippen LogP contribution is 2.36. The molecule has 1 aromatic rings. The van der Waals surface area contributed by atoms with Crippen LogP contribution in [0.5, 0.6) is 0 Å². The molecule has 0 radical (unpaired) electrons. The van der Waals surface area contributed by atoms with Gasteiger partial charge in [-0.1, -0.05) is 6.07 Å². The van der Waals surface area contributed by atoms with Crippen molar-refractivity contribution in [3.63, 3.8) is 0 Å². The summed E-state index contributed by atoms with van der Waals surface area (Å²) in [5.74, 6) is -0.978. The minimum Gasteiger partial charge on any atom is -0.478 e. The SMILES string of the molecule is CC1Sc2cc(/C=C/C(=O)O)ccc2NC1=O. The third-order valence-electron chi connectivity index (χ3n) is 2.35. The van der Waals surface area contributed by atoms with Crippen molar-refractivity contribution in [2.24, 2.45) is 0 Å². The van der Waals surface area contributed by atoms with E-state index in [9.17, 15) is 9.59 Å². The fourth-order valence-corrected chi connectivity index (χ4v) is 2.49. The quantitative estimate of drug-likeness (QED) is 0.789. The number of nitrogens with one attached hydrogen (secondary N) is 1. The summed E-state index contributed by atoms with van der Waals surface area (Å²) in [6.07, 6.45) is 2.63. The topological polar surface area (TPSA) is 66.4 Å². The van der Waals surface area contributed by atoms with Crippen LogP contribution in [-0.4, -0.2) is 22.2 Å². The van der Waals surface area contributed by atoms with E-state index in [1.807, 2.05) is 13.0 Å². The van der Waals surface area contributed by atoms with E-state index in [1.54, 1.807) is 12.1 Å². The lowest BCUT2D eigenvalue weighted by atomic mass is 10.2. The van der Waals surface area contributed by atoms with Gasteiger partial charge in [-0.15, -0.1) is 11.8 Å². The van der Waals surface area contributed by atoms with Gasteiger partial charge in [0.1, 0.15) is 0 Å². The van der Waals surface area contributed by atoms with Gasteiger partial charge in [-0.05, 0) is 30.7 Å². The Morgan fingerprint density at radius 2 is 2.29 bits per heavy atom. The number of carbonyl (C=O) groups is 2. The van der Waals surface area contributed by atoms with E-state index in [1.165, 1.54) is 17.8 Å². The van der Waals surface area contributed by atoms with Crippen LogP contribution in [0.1, 0.15) is 12.5 Å². The number of rotatable bonds is 2. The Morgan fingerprint density at radius 3 is 3.00 bits per heavy atom. The zero-order valence-corrected chi connectivity index (χ0v) is 9.95. The second-order valence-electron chi connectivity index (χ2n) is 3.68. The largest absolute Gasteiger partial charge is 0.478 e. The lowest BCUT2D eigenvalue weighted by Gasteiger charge is -2.21. The third kappa shape index (κ3) is 2.68. The average Bonchev–Trinajstić information content (AvgIpc) is 2.28. The van der Waals surface area contributed by atoms with Crippen molar-refractivity contribution in [3.05, 3.63) is 29.8 Å². The van der Waals surface area contributed by atoms with Gasteiger partial charge < -0.3 is 10.4 Å². The van der Waals surface area contributed by atoms with Crippen LogP contribution in [-0.2, 0) is 9.59 Å². The number of hydrogen-bond donors (Lipinski definition) is 2. The molecule has 0 saturated heterocycles. The van der Waals surface area contributed by atoms with E-state index in [2.05, 4.69) is 5.32 Å². The second-order valence-corrected chi connectivity index (χ2v) is 5.06. The molecule has 1 heterocycles. The molecule has 88 valence electrons. The van der Waals surface area contributed by atoms with E-state index >= 15 is 0 Å². The minimum absolute atomic E-state index is 0.00340. The van der Waals surface area contributed by atoms with E-state index < -0.39 is 5.97 Å². The predicted molar refractivity (Wildman–Crippen MR) is 67.1 cm³/mol. The van der Waals surface area contributed by atoms with Crippen LogP contribution < -0.4 is 5.32 Å². The van der Waals surface area contributed by atoms with Crippen LogP contribution in [0, 0.1) is 0 Å². The van der Waals surface area contributed by atoms with Crippen LogP contribution >= 0.6 is 11.8 Å². The summed E-state index contributed by atoms with van der Waals surface area (Å²) in [5, 5.41) is 11.2. The number of hydrogen-bond acceptors (Lipinski definition) is 3. The van der Waals surface area contributed by atoms with Crippen LogP contribution in [0.2, 0.25) is 0 Å². The second kappa shape index (κ2) is 4.63. The van der Waals surface area contributed by atoms with Crippen molar-refractivity contribution in [3.8, 4) is 0 Å². The minimum atomic E-state index is -0.975. The Morgan fingerprint density at radius 1 is 1.53 bits per heavy atom. The number of amides is 1. The van der Waals surface area contributed by atoms with Gasteiger partial charge in [-0.3, -0.25) is 4.79 Å². The van der Waals surface area contributed by atoms with Crippen LogP contribution in [0.25, 0.3) is 6.08 Å². The molecular weight excluding hydrogens is 238 g/mol. The van der Waals surface area contributed by atoms with Gasteiger partial charge in [0.2, 0.25) is 5.91 Å². The van der Waals surface area contributed by atoms with E-state index in [0.29, 0.717) is 0 Å². The average molecular weight is 249 g/mol. The van der Waals surface area contributed by atoms with Crippen molar-refractivity contribution in [1.29, 1.82) is 0 Å². The molecule has 5 heteroatoms. The van der Waals surface area contributed by atoms with Crippen molar-refractivity contribution >= 4 is 35.4 Å². The lowest BCUT2D eigenvalue weighted by Crippen LogP contribution is -2.26. The van der Waals surface area contributed by atoms with Crippen molar-refractivity contribution in [1.82, 2.24) is 0 Å². The predicted octanol–water partition coefficient (Wildman–Crippen LogP) is 2.22. The normalized spacial score (nSPS) is 18.9. The van der Waals surface area contributed by atoms with Gasteiger partial charge in [0, 0.05) is 11.0 Å². The number of thioether (sulfide) groups is 1. The summed E-state index contributed by atoms with van der Waals surface area (Å²) in [4.78, 5) is 22.8. The molecule has 0 fully saturated rings. The molecule has 4 nitrogen and oxygen atoms in total. The lowest BCUT2D eigenvalue weighted by molar-refractivity contribution is -0.131. The molecule has 1 aliphatic rings. The number of carboxylic acid groups (broad SMARTS) is 1. The van der Waals surface area contributed by atoms with Gasteiger partial charge in [0.25, 0.3) is 0 Å². The molecular formula is C12H11NO3S. The van der Waals surface area contributed by atoms with Gasteiger partial charge in [-0.25, -0.2) is 4.79 Å². The maximum atomic E-state index is 11.4.